The fourth-order valence-electron chi connectivity index (χ4n) is 0.530. The highest BCUT2D eigenvalue weighted by Gasteiger charge is 1.74. The summed E-state index contributed by atoms with van der Waals surface area (Å²) in [5, 5.41) is 0. The fraction of sp³-hybridized carbons (Fsp3) is 0.167. The minimum Gasteiger partial charge on any atom is -0.313 e. The summed E-state index contributed by atoms with van der Waals surface area (Å²) in [6.07, 6.45) is 9.29. The number of aromatic nitrogens is 2. The van der Waals surface area contributed by atoms with Gasteiger partial charge in [0.05, 0.1) is 6.33 Å². The number of allylic oxidation sites excluding steroid dienone is 1. The van der Waals surface area contributed by atoms with E-state index in [1.54, 1.807) is 12.5 Å². The topological polar surface area (TPSA) is 17.8 Å². The molecule has 0 aliphatic heterocycles. The number of nitrogens with zero attached hydrogens (tertiary/aromatic N) is 2. The Hall–Kier alpha value is -1.05. The third kappa shape index (κ3) is 0.964. The average Bonchev–Trinajstić information content (AvgIpc) is 2.19. The van der Waals surface area contributed by atoms with E-state index in [4.69, 9.17) is 0 Å². The monoisotopic (exact) mass is 108 g/mol. The van der Waals surface area contributed by atoms with Gasteiger partial charge in [-0.25, -0.2) is 4.98 Å². The second-order valence-electron chi connectivity index (χ2n) is 1.49. The molecule has 0 bridgehead atoms. The van der Waals surface area contributed by atoms with Crippen molar-refractivity contribution in [3.8, 4) is 0 Å². The highest BCUT2D eigenvalue weighted by molar-refractivity contribution is 5.19. The number of imidazole rings is 1. The van der Waals surface area contributed by atoms with Crippen LogP contribution in [0.1, 0.15) is 6.92 Å². The van der Waals surface area contributed by atoms with Crippen LogP contribution in [0.4, 0.5) is 0 Å². The molecular weight excluding hydrogens is 100 g/mol. The predicted octanol–water partition coefficient (Wildman–Crippen LogP) is 1.37. The Morgan fingerprint density at radius 1 is 1.62 bits per heavy atom. The molecule has 0 aliphatic rings. The van der Waals surface area contributed by atoms with Crippen LogP contribution in [0.25, 0.3) is 6.20 Å². The zero-order valence-corrected chi connectivity index (χ0v) is 4.78. The molecule has 0 radical (unpaired) electrons. The molecule has 2 heteroatoms. The lowest BCUT2D eigenvalue weighted by molar-refractivity contribution is 1.13. The van der Waals surface area contributed by atoms with Gasteiger partial charge in [0.15, 0.2) is 0 Å². The second-order valence-corrected chi connectivity index (χ2v) is 1.49. The first kappa shape index (κ1) is 5.09. The van der Waals surface area contributed by atoms with E-state index in [2.05, 4.69) is 4.98 Å². The zero-order chi connectivity index (χ0) is 5.82. The summed E-state index contributed by atoms with van der Waals surface area (Å²) in [4.78, 5) is 3.85. The molecule has 2 nitrogen and oxygen atoms in total. The maximum Gasteiger partial charge on any atom is 0.0986 e. The number of rotatable bonds is 1. The highest BCUT2D eigenvalue weighted by Crippen LogP contribution is 1.84. The Kier molecular flexibility index (Phi) is 1.47. The van der Waals surface area contributed by atoms with Crippen LogP contribution in [0.2, 0.25) is 0 Å². The molecule has 0 atom stereocenters. The smallest absolute Gasteiger partial charge is 0.0986 e. The molecule has 1 rings (SSSR count). The normalized spacial score (nSPS) is 10.6. The minimum atomic E-state index is 1.75. The predicted molar refractivity (Wildman–Crippen MR) is 33.2 cm³/mol. The average molecular weight is 108 g/mol. The van der Waals surface area contributed by atoms with Gasteiger partial charge >= 0.3 is 0 Å². The van der Waals surface area contributed by atoms with Gasteiger partial charge in [0, 0.05) is 18.6 Å². The Morgan fingerprint density at radius 3 is 3.00 bits per heavy atom. The van der Waals surface area contributed by atoms with Gasteiger partial charge in [-0.05, 0) is 6.92 Å². The van der Waals surface area contributed by atoms with E-state index in [1.807, 2.05) is 30.0 Å². The van der Waals surface area contributed by atoms with Crippen molar-refractivity contribution < 1.29 is 0 Å². The first-order chi connectivity index (χ1) is 3.93. The van der Waals surface area contributed by atoms with Crippen molar-refractivity contribution in [3.05, 3.63) is 24.8 Å². The van der Waals surface area contributed by atoms with Gasteiger partial charge in [0.2, 0.25) is 0 Å². The van der Waals surface area contributed by atoms with Crippen molar-refractivity contribution in [2.45, 2.75) is 6.92 Å². The molecule has 0 fully saturated rings. The molecule has 0 saturated heterocycles. The van der Waals surface area contributed by atoms with Gasteiger partial charge in [0.25, 0.3) is 0 Å². The van der Waals surface area contributed by atoms with E-state index in [-0.39, 0.29) is 0 Å². The van der Waals surface area contributed by atoms with E-state index in [0.29, 0.717) is 0 Å². The Labute approximate surface area is 48.5 Å². The quantitative estimate of drug-likeness (QED) is 0.531. The van der Waals surface area contributed by atoms with Crippen LogP contribution in [0, 0.1) is 0 Å². The molecule has 0 aliphatic carbocycles. The van der Waals surface area contributed by atoms with Crippen molar-refractivity contribution in [2.75, 3.05) is 0 Å². The van der Waals surface area contributed by atoms with Crippen molar-refractivity contribution in [1.29, 1.82) is 0 Å². The number of hydrogen-bond acceptors (Lipinski definition) is 1. The Bertz CT molecular complexity index is 163. The lowest BCUT2D eigenvalue weighted by Gasteiger charge is -1.83. The standard InChI is InChI=1S/C6H8N2/c1-2-4-8-5-3-7-6-8/h2-6H,1H3/b4-2+. The lowest BCUT2D eigenvalue weighted by atomic mass is 10.7. The van der Waals surface area contributed by atoms with Crippen molar-refractivity contribution in [2.24, 2.45) is 0 Å². The van der Waals surface area contributed by atoms with E-state index >= 15 is 0 Å². The van der Waals surface area contributed by atoms with Crippen LogP contribution in [-0.2, 0) is 0 Å². The van der Waals surface area contributed by atoms with Gasteiger partial charge in [0.1, 0.15) is 0 Å². The molecule has 0 spiro atoms. The van der Waals surface area contributed by atoms with Crippen LogP contribution in [-0.4, -0.2) is 9.55 Å². The molecule has 1 heterocycles. The second kappa shape index (κ2) is 2.31. The summed E-state index contributed by atoms with van der Waals surface area (Å²) in [7, 11) is 0. The molecular formula is C6H8N2. The van der Waals surface area contributed by atoms with Crippen molar-refractivity contribution in [3.63, 3.8) is 0 Å². The first-order valence-electron chi connectivity index (χ1n) is 2.54. The largest absolute Gasteiger partial charge is 0.313 e. The molecule has 0 N–H and O–H groups in total. The lowest BCUT2D eigenvalue weighted by Crippen LogP contribution is -1.75. The van der Waals surface area contributed by atoms with Gasteiger partial charge in [-0.15, -0.1) is 0 Å². The molecule has 0 amide bonds. The molecule has 8 heavy (non-hydrogen) atoms. The van der Waals surface area contributed by atoms with E-state index < -0.39 is 0 Å². The zero-order valence-electron chi connectivity index (χ0n) is 4.78. The maximum absolute atomic E-state index is 3.85. The summed E-state index contributed by atoms with van der Waals surface area (Å²) in [5.41, 5.74) is 0. The van der Waals surface area contributed by atoms with Gasteiger partial charge in [-0.3, -0.25) is 0 Å². The van der Waals surface area contributed by atoms with Gasteiger partial charge in [-0.2, -0.15) is 0 Å². The third-order valence-electron chi connectivity index (χ3n) is 0.846. The fourth-order valence-corrected chi connectivity index (χ4v) is 0.530. The summed E-state index contributed by atoms with van der Waals surface area (Å²) in [6, 6.07) is 0. The van der Waals surface area contributed by atoms with Crippen LogP contribution in [0.15, 0.2) is 24.8 Å². The van der Waals surface area contributed by atoms with Crippen molar-refractivity contribution >= 4 is 6.20 Å². The molecule has 42 valence electrons. The van der Waals surface area contributed by atoms with Gasteiger partial charge < -0.3 is 4.57 Å². The van der Waals surface area contributed by atoms with Crippen LogP contribution in [0.3, 0.4) is 0 Å². The highest BCUT2D eigenvalue weighted by atomic mass is 15.0. The van der Waals surface area contributed by atoms with Crippen molar-refractivity contribution in [1.82, 2.24) is 9.55 Å². The van der Waals surface area contributed by atoms with Gasteiger partial charge in [-0.1, -0.05) is 6.08 Å². The molecule has 1 aromatic heterocycles. The summed E-state index contributed by atoms with van der Waals surface area (Å²) in [5.74, 6) is 0. The Morgan fingerprint density at radius 2 is 2.50 bits per heavy atom. The molecule has 0 saturated carbocycles. The third-order valence-corrected chi connectivity index (χ3v) is 0.846. The SMILES string of the molecule is C/C=C/n1ccnc1. The van der Waals surface area contributed by atoms with E-state index in [9.17, 15) is 0 Å². The minimum absolute atomic E-state index is 1.75. The van der Waals surface area contributed by atoms with Crippen LogP contribution in [0.5, 0.6) is 0 Å². The summed E-state index contributed by atoms with van der Waals surface area (Å²) >= 11 is 0. The van der Waals surface area contributed by atoms with Crippen LogP contribution < -0.4 is 0 Å². The number of hydrogen-bond donors (Lipinski definition) is 0. The summed E-state index contributed by atoms with van der Waals surface area (Å²) < 4.78 is 1.89. The first-order valence-corrected chi connectivity index (χ1v) is 2.54. The van der Waals surface area contributed by atoms with E-state index in [0.717, 1.165) is 0 Å². The molecule has 0 aromatic carbocycles. The molecule has 0 unspecified atom stereocenters. The molecule has 1 aromatic rings. The summed E-state index contributed by atoms with van der Waals surface area (Å²) in [6.45, 7) is 1.97. The maximum atomic E-state index is 3.85. The van der Waals surface area contributed by atoms with E-state index in [1.165, 1.54) is 0 Å². The Balaban J connectivity index is 2.77. The van der Waals surface area contributed by atoms with Crippen LogP contribution >= 0.6 is 0 Å².